The van der Waals surface area contributed by atoms with E-state index in [0.717, 1.165) is 27.5 Å². The highest BCUT2D eigenvalue weighted by molar-refractivity contribution is 7.12. The molecule has 0 aliphatic rings. The maximum atomic E-state index is 12.5. The van der Waals surface area contributed by atoms with Crippen LogP contribution < -0.4 is 0 Å². The van der Waals surface area contributed by atoms with E-state index in [1.807, 2.05) is 19.9 Å². The molecule has 1 aromatic heterocycles. The van der Waals surface area contributed by atoms with Gasteiger partial charge < -0.3 is 0 Å². The van der Waals surface area contributed by atoms with Crippen LogP contribution in [0.25, 0.3) is 0 Å². The van der Waals surface area contributed by atoms with Crippen LogP contribution in [0.1, 0.15) is 31.8 Å². The molecule has 1 aromatic carbocycles. The standard InChI is InChI=1S/C14H12ClF3S/c1-8-7-12(9(2)19-8)13(15)10-3-5-11(6-4-10)14(16,17)18/h3-7,13H,1-2H3. The minimum absolute atomic E-state index is 0.410. The van der Waals surface area contributed by atoms with E-state index in [-0.39, 0.29) is 0 Å². The molecule has 5 heteroatoms. The van der Waals surface area contributed by atoms with E-state index in [1.54, 1.807) is 11.3 Å². The number of aryl methyl sites for hydroxylation is 2. The third-order valence-corrected chi connectivity index (χ3v) is 4.35. The maximum Gasteiger partial charge on any atom is 0.416 e. The largest absolute Gasteiger partial charge is 0.416 e. The first-order chi connectivity index (χ1) is 8.79. The highest BCUT2D eigenvalue weighted by atomic mass is 35.5. The third-order valence-electron chi connectivity index (χ3n) is 2.88. The Kier molecular flexibility index (Phi) is 3.92. The molecule has 0 fully saturated rings. The molecule has 0 spiro atoms. The van der Waals surface area contributed by atoms with Crippen LogP contribution >= 0.6 is 22.9 Å². The molecule has 0 bridgehead atoms. The van der Waals surface area contributed by atoms with E-state index in [0.29, 0.717) is 5.56 Å². The number of benzene rings is 1. The summed E-state index contributed by atoms with van der Waals surface area (Å²) in [6.45, 7) is 3.95. The predicted molar refractivity (Wildman–Crippen MR) is 72.9 cm³/mol. The average Bonchev–Trinajstić information content (AvgIpc) is 2.66. The molecule has 0 radical (unpaired) electrons. The number of halogens is 4. The Morgan fingerprint density at radius 3 is 2.11 bits per heavy atom. The lowest BCUT2D eigenvalue weighted by atomic mass is 10.0. The zero-order valence-electron chi connectivity index (χ0n) is 10.4. The Labute approximate surface area is 118 Å². The summed E-state index contributed by atoms with van der Waals surface area (Å²) in [7, 11) is 0. The van der Waals surface area contributed by atoms with Crippen LogP contribution in [0.5, 0.6) is 0 Å². The highest BCUT2D eigenvalue weighted by Gasteiger charge is 2.30. The number of alkyl halides is 4. The van der Waals surface area contributed by atoms with Gasteiger partial charge in [-0.05, 0) is 43.2 Å². The van der Waals surface area contributed by atoms with Gasteiger partial charge in [0.1, 0.15) is 0 Å². The molecule has 0 N–H and O–H groups in total. The summed E-state index contributed by atoms with van der Waals surface area (Å²) in [4.78, 5) is 2.24. The first-order valence-electron chi connectivity index (χ1n) is 5.67. The van der Waals surface area contributed by atoms with E-state index in [4.69, 9.17) is 11.6 Å². The molecular formula is C14H12ClF3S. The molecule has 2 aromatic rings. The molecule has 0 saturated heterocycles. The highest BCUT2D eigenvalue weighted by Crippen LogP contribution is 2.36. The molecule has 102 valence electrons. The van der Waals surface area contributed by atoms with Gasteiger partial charge in [0.25, 0.3) is 0 Å². The van der Waals surface area contributed by atoms with E-state index in [2.05, 4.69) is 0 Å². The first kappa shape index (κ1) is 14.4. The van der Waals surface area contributed by atoms with E-state index >= 15 is 0 Å². The van der Waals surface area contributed by atoms with Gasteiger partial charge in [-0.25, -0.2) is 0 Å². The lowest BCUT2D eigenvalue weighted by Crippen LogP contribution is -2.05. The van der Waals surface area contributed by atoms with E-state index in [9.17, 15) is 13.2 Å². The molecule has 0 aliphatic heterocycles. The number of rotatable bonds is 2. The maximum absolute atomic E-state index is 12.5. The minimum Gasteiger partial charge on any atom is -0.166 e. The van der Waals surface area contributed by atoms with Gasteiger partial charge in [0.05, 0.1) is 10.9 Å². The molecular weight excluding hydrogens is 293 g/mol. The Balaban J connectivity index is 2.30. The topological polar surface area (TPSA) is 0 Å². The molecule has 19 heavy (non-hydrogen) atoms. The molecule has 1 heterocycles. The number of hydrogen-bond acceptors (Lipinski definition) is 1. The second kappa shape index (κ2) is 5.17. The summed E-state index contributed by atoms with van der Waals surface area (Å²) in [5.41, 5.74) is 0.984. The van der Waals surface area contributed by atoms with Crippen LogP contribution in [0.4, 0.5) is 13.2 Å². The fraction of sp³-hybridized carbons (Fsp3) is 0.286. The smallest absolute Gasteiger partial charge is 0.166 e. The number of thiophene rings is 1. The summed E-state index contributed by atoms with van der Waals surface area (Å²) >= 11 is 7.98. The first-order valence-corrected chi connectivity index (χ1v) is 6.92. The zero-order chi connectivity index (χ0) is 14.2. The molecule has 1 atom stereocenters. The van der Waals surface area contributed by atoms with Crippen LogP contribution in [0.15, 0.2) is 30.3 Å². The van der Waals surface area contributed by atoms with Crippen LogP contribution in [-0.2, 0) is 6.18 Å². The quantitative estimate of drug-likeness (QED) is 0.623. The van der Waals surface area contributed by atoms with Gasteiger partial charge >= 0.3 is 6.18 Å². The summed E-state index contributed by atoms with van der Waals surface area (Å²) in [6.07, 6.45) is -4.31. The Morgan fingerprint density at radius 1 is 1.11 bits per heavy atom. The second-order valence-corrected chi connectivity index (χ2v) is 6.25. The summed E-state index contributed by atoms with van der Waals surface area (Å²) in [5, 5.41) is -0.410. The van der Waals surface area contributed by atoms with Crippen LogP contribution in [-0.4, -0.2) is 0 Å². The fourth-order valence-corrected chi connectivity index (χ4v) is 3.32. The Bertz CT molecular complexity index is 569. The van der Waals surface area contributed by atoms with Gasteiger partial charge in [-0.2, -0.15) is 13.2 Å². The second-order valence-electron chi connectivity index (χ2n) is 4.35. The van der Waals surface area contributed by atoms with Crippen molar-refractivity contribution in [2.45, 2.75) is 25.4 Å². The van der Waals surface area contributed by atoms with E-state index < -0.39 is 17.1 Å². The van der Waals surface area contributed by atoms with Gasteiger partial charge in [0.15, 0.2) is 0 Å². The van der Waals surface area contributed by atoms with Crippen molar-refractivity contribution in [2.24, 2.45) is 0 Å². The normalized spacial score (nSPS) is 13.6. The average molecular weight is 305 g/mol. The molecule has 1 unspecified atom stereocenters. The summed E-state index contributed by atoms with van der Waals surface area (Å²) < 4.78 is 37.4. The lowest BCUT2D eigenvalue weighted by molar-refractivity contribution is -0.137. The lowest BCUT2D eigenvalue weighted by Gasteiger charge is -2.12. The van der Waals surface area contributed by atoms with Crippen LogP contribution in [0, 0.1) is 13.8 Å². The van der Waals surface area contributed by atoms with Crippen molar-refractivity contribution < 1.29 is 13.2 Å². The Morgan fingerprint density at radius 2 is 1.68 bits per heavy atom. The van der Waals surface area contributed by atoms with Crippen molar-refractivity contribution in [1.82, 2.24) is 0 Å². The van der Waals surface area contributed by atoms with Crippen molar-refractivity contribution >= 4 is 22.9 Å². The van der Waals surface area contributed by atoms with Crippen molar-refractivity contribution in [3.8, 4) is 0 Å². The number of hydrogen-bond donors (Lipinski definition) is 0. The minimum atomic E-state index is -4.31. The van der Waals surface area contributed by atoms with Crippen molar-refractivity contribution in [3.05, 3.63) is 56.8 Å². The van der Waals surface area contributed by atoms with Crippen molar-refractivity contribution in [3.63, 3.8) is 0 Å². The molecule has 2 rings (SSSR count). The predicted octanol–water partition coefficient (Wildman–Crippen LogP) is 5.71. The van der Waals surface area contributed by atoms with Gasteiger partial charge in [0.2, 0.25) is 0 Å². The van der Waals surface area contributed by atoms with Crippen LogP contribution in [0.2, 0.25) is 0 Å². The van der Waals surface area contributed by atoms with Gasteiger partial charge in [0, 0.05) is 9.75 Å². The summed E-state index contributed by atoms with van der Waals surface area (Å²) in [6, 6.07) is 6.99. The van der Waals surface area contributed by atoms with Crippen molar-refractivity contribution in [1.29, 1.82) is 0 Å². The van der Waals surface area contributed by atoms with Crippen LogP contribution in [0.3, 0.4) is 0 Å². The van der Waals surface area contributed by atoms with E-state index in [1.165, 1.54) is 12.1 Å². The SMILES string of the molecule is Cc1cc(C(Cl)c2ccc(C(F)(F)F)cc2)c(C)s1. The molecule has 0 amide bonds. The molecule has 0 saturated carbocycles. The molecule has 0 nitrogen and oxygen atoms in total. The summed E-state index contributed by atoms with van der Waals surface area (Å²) in [5.74, 6) is 0. The van der Waals surface area contributed by atoms with Gasteiger partial charge in [-0.1, -0.05) is 12.1 Å². The van der Waals surface area contributed by atoms with Gasteiger partial charge in [-0.3, -0.25) is 0 Å². The molecule has 0 aliphatic carbocycles. The third kappa shape index (κ3) is 3.12. The zero-order valence-corrected chi connectivity index (χ0v) is 12.0. The van der Waals surface area contributed by atoms with Gasteiger partial charge in [-0.15, -0.1) is 22.9 Å². The fourth-order valence-electron chi connectivity index (χ4n) is 1.92. The Hall–Kier alpha value is -1.00. The monoisotopic (exact) mass is 304 g/mol. The van der Waals surface area contributed by atoms with Crippen molar-refractivity contribution in [2.75, 3.05) is 0 Å².